The molecule has 0 saturated carbocycles. The van der Waals surface area contributed by atoms with E-state index in [2.05, 4.69) is 135 Å². The highest BCUT2D eigenvalue weighted by atomic mass is 79.9. The summed E-state index contributed by atoms with van der Waals surface area (Å²) >= 11 is 3.82. The Labute approximate surface area is 332 Å². The zero-order valence-corrected chi connectivity index (χ0v) is 35.3. The van der Waals surface area contributed by atoms with Crippen LogP contribution < -0.4 is 43.8 Å². The molecule has 0 spiro atoms. The third kappa shape index (κ3) is 9.16. The van der Waals surface area contributed by atoms with Crippen molar-refractivity contribution in [3.63, 3.8) is 0 Å². The second-order valence-corrected chi connectivity index (χ2v) is 15.8. The quantitative estimate of drug-likeness (QED) is 0.111. The van der Waals surface area contributed by atoms with Crippen LogP contribution in [0, 0.1) is 0 Å². The van der Waals surface area contributed by atoms with Gasteiger partial charge in [-0.2, -0.15) is 0 Å². The van der Waals surface area contributed by atoms with Crippen molar-refractivity contribution in [3.8, 4) is 0 Å². The van der Waals surface area contributed by atoms with E-state index in [9.17, 15) is 0 Å². The zero-order valence-electron chi connectivity index (χ0n) is 30.5. The molecule has 2 heterocycles. The first kappa shape index (κ1) is 40.8. The monoisotopic (exact) mass is 838 g/mol. The van der Waals surface area contributed by atoms with Crippen LogP contribution in [-0.4, -0.2) is 74.4 Å². The molecule has 4 nitrogen and oxygen atoms in total. The van der Waals surface area contributed by atoms with Crippen molar-refractivity contribution in [3.05, 3.63) is 97.1 Å². The Morgan fingerprint density at radius 1 is 0.400 bits per heavy atom. The van der Waals surface area contributed by atoms with Crippen LogP contribution in [0.5, 0.6) is 0 Å². The topological polar surface area (TPSA) is 6.48 Å². The van der Waals surface area contributed by atoms with Crippen LogP contribution >= 0.6 is 23.5 Å². The number of nitrogens with zero attached hydrogens (tertiary/aromatic N) is 4. The fourth-order valence-corrected chi connectivity index (χ4v) is 10.0. The maximum absolute atomic E-state index is 2.59. The number of rotatable bonds is 17. The highest BCUT2D eigenvalue weighted by molar-refractivity contribution is 8.00. The minimum atomic E-state index is 0. The summed E-state index contributed by atoms with van der Waals surface area (Å²) in [5.74, 6) is 0. The molecule has 0 fully saturated rings. The van der Waals surface area contributed by atoms with E-state index in [1.54, 1.807) is 0 Å². The van der Waals surface area contributed by atoms with Crippen molar-refractivity contribution in [2.75, 3.05) is 75.2 Å². The molecule has 4 aromatic rings. The van der Waals surface area contributed by atoms with Crippen molar-refractivity contribution in [1.29, 1.82) is 0 Å². The van der Waals surface area contributed by atoms with E-state index in [-0.39, 0.29) is 34.0 Å². The summed E-state index contributed by atoms with van der Waals surface area (Å²) in [6.07, 6.45) is 5.32. The first-order chi connectivity index (χ1) is 23.5. The molecule has 0 saturated heterocycles. The average Bonchev–Trinajstić information content (AvgIpc) is 3.14. The Bertz CT molecular complexity index is 1430. The minimum Gasteiger partial charge on any atom is -1.00 e. The van der Waals surface area contributed by atoms with E-state index in [4.69, 9.17) is 0 Å². The molecule has 0 radical (unpaired) electrons. The van der Waals surface area contributed by atoms with E-state index < -0.39 is 0 Å². The van der Waals surface area contributed by atoms with Crippen LogP contribution in [0.1, 0.15) is 53.4 Å². The molecule has 6 rings (SSSR count). The van der Waals surface area contributed by atoms with Crippen molar-refractivity contribution in [2.45, 2.75) is 73.0 Å². The van der Waals surface area contributed by atoms with Gasteiger partial charge in [0.2, 0.25) is 0 Å². The third-order valence-electron chi connectivity index (χ3n) is 11.4. The molecule has 2 aliphatic rings. The normalized spacial score (nSPS) is 13.4. The molecule has 0 atom stereocenters. The predicted octanol–water partition coefficient (Wildman–Crippen LogP) is 4.87. The molecule has 8 heteroatoms. The Morgan fingerprint density at radius 3 is 0.960 bits per heavy atom. The first-order valence-corrected chi connectivity index (χ1v) is 20.1. The summed E-state index contributed by atoms with van der Waals surface area (Å²) in [5, 5.41) is 0. The Balaban J connectivity index is 0.00000281. The van der Waals surface area contributed by atoms with Gasteiger partial charge in [-0.3, -0.25) is 0 Å². The number of para-hydroxylation sites is 4. The molecule has 0 aromatic heterocycles. The number of quaternary nitrogens is 2. The summed E-state index contributed by atoms with van der Waals surface area (Å²) in [7, 11) is 0. The lowest BCUT2D eigenvalue weighted by Crippen LogP contribution is -3.00. The maximum Gasteiger partial charge on any atom is 0.0968 e. The number of unbranched alkanes of at least 4 members (excludes halogenated alkanes) is 3. The number of benzene rings is 4. The van der Waals surface area contributed by atoms with Gasteiger partial charge in [0.1, 0.15) is 0 Å². The van der Waals surface area contributed by atoms with Gasteiger partial charge in [-0.05, 0) is 102 Å². The number of hydrogen-bond acceptors (Lipinski definition) is 4. The third-order valence-corrected chi connectivity index (χ3v) is 13.6. The fourth-order valence-electron chi connectivity index (χ4n) is 7.85. The van der Waals surface area contributed by atoms with Crippen LogP contribution in [0.2, 0.25) is 0 Å². The molecule has 0 bridgehead atoms. The standard InChI is InChI=1S/C42H56N4S2.2BrH/c1-5-45(6-2,33-29-43-35-21-11-15-25-39(35)47-40-26-16-12-22-36(40)43)31-19-9-10-20-32-46(7-3,8-4)34-30-44-37-23-13-17-27-41(37)48-42-28-18-14-24-38(42)44;;/h11-18,21-28H,5-10,19-20,29-34H2,1-4H3;2*1H/q+2;;/p-2. The van der Waals surface area contributed by atoms with Crippen molar-refractivity contribution in [2.24, 2.45) is 0 Å². The fraction of sp³-hybridized carbons (Fsp3) is 0.429. The smallest absolute Gasteiger partial charge is 0.0968 e. The highest BCUT2D eigenvalue weighted by Gasteiger charge is 2.30. The van der Waals surface area contributed by atoms with Crippen molar-refractivity contribution in [1.82, 2.24) is 0 Å². The Morgan fingerprint density at radius 2 is 0.680 bits per heavy atom. The van der Waals surface area contributed by atoms with Crippen LogP contribution in [0.3, 0.4) is 0 Å². The van der Waals surface area contributed by atoms with Gasteiger partial charge in [-0.15, -0.1) is 0 Å². The second-order valence-electron chi connectivity index (χ2n) is 13.6. The van der Waals surface area contributed by atoms with Gasteiger partial charge in [0.25, 0.3) is 0 Å². The number of halogens is 2. The molecule has 0 N–H and O–H groups in total. The van der Waals surface area contributed by atoms with Gasteiger partial charge >= 0.3 is 0 Å². The van der Waals surface area contributed by atoms with E-state index in [0.717, 1.165) is 13.1 Å². The molecule has 50 heavy (non-hydrogen) atoms. The Hall–Kier alpha value is -1.94. The largest absolute Gasteiger partial charge is 1.00 e. The number of fused-ring (bicyclic) bond motifs is 4. The van der Waals surface area contributed by atoms with E-state index >= 15 is 0 Å². The lowest BCUT2D eigenvalue weighted by molar-refractivity contribution is -0.924. The SMILES string of the molecule is CC[N+](CC)(CCCCCC[N+](CC)(CC)CCN1c2ccccc2Sc2ccccc21)CCN1c2ccccc2Sc2ccccc21.[Br-].[Br-]. The molecule has 2 aliphatic heterocycles. The van der Waals surface area contributed by atoms with E-state index in [1.807, 2.05) is 23.5 Å². The summed E-state index contributed by atoms with van der Waals surface area (Å²) in [4.78, 5) is 10.7. The summed E-state index contributed by atoms with van der Waals surface area (Å²) in [5.41, 5.74) is 5.47. The molecular formula is C42H56Br2N4S2. The van der Waals surface area contributed by atoms with Gasteiger partial charge < -0.3 is 52.7 Å². The second kappa shape index (κ2) is 19.2. The summed E-state index contributed by atoms with van der Waals surface area (Å²) < 4.78 is 2.41. The van der Waals surface area contributed by atoms with Crippen LogP contribution in [0.15, 0.2) is 117 Å². The average molecular weight is 841 g/mol. The van der Waals surface area contributed by atoms with Crippen LogP contribution in [-0.2, 0) is 0 Å². The van der Waals surface area contributed by atoms with Crippen molar-refractivity contribution >= 4 is 46.3 Å². The van der Waals surface area contributed by atoms with E-state index in [0.29, 0.717) is 0 Å². The Kier molecular flexibility index (Phi) is 15.7. The number of likely N-dealkylation sites (N-methyl/N-ethyl adjacent to an activating group) is 2. The van der Waals surface area contributed by atoms with Gasteiger partial charge in [-0.25, -0.2) is 0 Å². The molecular weight excluding hydrogens is 784 g/mol. The van der Waals surface area contributed by atoms with Gasteiger partial charge in [0.05, 0.1) is 88.2 Å². The van der Waals surface area contributed by atoms with Crippen LogP contribution in [0.25, 0.3) is 0 Å². The molecule has 0 unspecified atom stereocenters. The zero-order chi connectivity index (χ0) is 33.4. The molecule has 0 amide bonds. The lowest BCUT2D eigenvalue weighted by Gasteiger charge is -2.41. The number of hydrogen-bond donors (Lipinski definition) is 0. The molecule has 270 valence electrons. The molecule has 4 aromatic carbocycles. The molecule has 0 aliphatic carbocycles. The predicted molar refractivity (Wildman–Crippen MR) is 209 cm³/mol. The van der Waals surface area contributed by atoms with Gasteiger partial charge in [0.15, 0.2) is 0 Å². The van der Waals surface area contributed by atoms with E-state index in [1.165, 1.54) is 129 Å². The van der Waals surface area contributed by atoms with Gasteiger partial charge in [0, 0.05) is 19.6 Å². The number of anilines is 4. The van der Waals surface area contributed by atoms with Gasteiger partial charge in [-0.1, -0.05) is 72.1 Å². The maximum atomic E-state index is 2.59. The first-order valence-electron chi connectivity index (χ1n) is 18.5. The van der Waals surface area contributed by atoms with Crippen molar-refractivity contribution < 1.29 is 42.9 Å². The highest BCUT2D eigenvalue weighted by Crippen LogP contribution is 2.49. The van der Waals surface area contributed by atoms with Crippen LogP contribution in [0.4, 0.5) is 22.7 Å². The minimum absolute atomic E-state index is 0. The summed E-state index contributed by atoms with van der Waals surface area (Å²) in [6, 6.07) is 35.8. The summed E-state index contributed by atoms with van der Waals surface area (Å²) in [6.45, 7) is 21.5. The lowest BCUT2D eigenvalue weighted by atomic mass is 10.1.